The Morgan fingerprint density at radius 1 is 1.40 bits per heavy atom. The molecule has 3 N–H and O–H groups in total. The molecule has 2 nitrogen and oxygen atoms in total. The molecule has 0 bridgehead atoms. The average molecular weight is 319 g/mol. The first-order valence-corrected chi connectivity index (χ1v) is 6.33. The van der Waals surface area contributed by atoms with E-state index in [0.29, 0.717) is 0 Å². The van der Waals surface area contributed by atoms with Crippen LogP contribution in [-0.4, -0.2) is 11.2 Å². The van der Waals surface area contributed by atoms with Crippen molar-refractivity contribution >= 4 is 22.6 Å². The molecule has 1 aromatic carbocycles. The van der Waals surface area contributed by atoms with Crippen molar-refractivity contribution in [3.63, 3.8) is 0 Å². The van der Waals surface area contributed by atoms with Crippen molar-refractivity contribution in [2.24, 2.45) is 11.7 Å². The van der Waals surface area contributed by atoms with Crippen molar-refractivity contribution in [1.82, 2.24) is 0 Å². The van der Waals surface area contributed by atoms with Crippen LogP contribution in [0.5, 0.6) is 0 Å². The Morgan fingerprint density at radius 2 is 2.00 bits per heavy atom. The molecule has 0 aromatic heterocycles. The maximum absolute atomic E-state index is 10.0. The molecule has 0 radical (unpaired) electrons. The van der Waals surface area contributed by atoms with E-state index in [2.05, 4.69) is 29.5 Å². The molecular formula is C12H18INO. The van der Waals surface area contributed by atoms with Gasteiger partial charge in [0.15, 0.2) is 0 Å². The van der Waals surface area contributed by atoms with Crippen LogP contribution in [0.25, 0.3) is 0 Å². The Kier molecular flexibility index (Phi) is 5.02. The Bertz CT molecular complexity index is 316. The zero-order valence-corrected chi connectivity index (χ0v) is 11.3. The molecule has 3 heteroatoms. The van der Waals surface area contributed by atoms with Gasteiger partial charge in [0.2, 0.25) is 0 Å². The number of rotatable bonds is 4. The second kappa shape index (κ2) is 5.82. The van der Waals surface area contributed by atoms with Crippen LogP contribution in [0.2, 0.25) is 0 Å². The molecule has 15 heavy (non-hydrogen) atoms. The van der Waals surface area contributed by atoms with E-state index in [9.17, 15) is 5.11 Å². The number of aliphatic hydroxyl groups excluding tert-OH is 1. The fourth-order valence-corrected chi connectivity index (χ4v) is 2.27. The summed E-state index contributed by atoms with van der Waals surface area (Å²) in [5, 5.41) is 10.0. The molecule has 0 amide bonds. The minimum Gasteiger partial charge on any atom is -0.391 e. The summed E-state index contributed by atoms with van der Waals surface area (Å²) < 4.78 is 1.12. The molecule has 0 saturated carbocycles. The summed E-state index contributed by atoms with van der Waals surface area (Å²) in [5.41, 5.74) is 7.09. The Balaban J connectivity index is 2.85. The monoisotopic (exact) mass is 319 g/mol. The standard InChI is InChI=1S/C12H18INO/c1-3-8(2)12(15)11(14)9-6-4-5-7-10(9)13/h4-8,11-12,15H,3,14H2,1-2H3/t8?,11-,12+/m1/s1. The van der Waals surface area contributed by atoms with Gasteiger partial charge in [-0.05, 0) is 40.1 Å². The van der Waals surface area contributed by atoms with E-state index < -0.39 is 6.10 Å². The van der Waals surface area contributed by atoms with E-state index >= 15 is 0 Å². The van der Waals surface area contributed by atoms with Gasteiger partial charge in [0.1, 0.15) is 0 Å². The molecule has 1 aromatic rings. The molecular weight excluding hydrogens is 301 g/mol. The first kappa shape index (κ1) is 12.9. The van der Waals surface area contributed by atoms with Crippen LogP contribution in [0.3, 0.4) is 0 Å². The summed E-state index contributed by atoms with van der Waals surface area (Å²) in [6.45, 7) is 4.09. The molecule has 0 aliphatic rings. The third-order valence-corrected chi connectivity index (χ3v) is 3.84. The van der Waals surface area contributed by atoms with E-state index in [0.717, 1.165) is 15.6 Å². The molecule has 3 atom stereocenters. The van der Waals surface area contributed by atoms with Crippen molar-refractivity contribution in [2.75, 3.05) is 0 Å². The zero-order valence-electron chi connectivity index (χ0n) is 9.15. The Labute approximate surface area is 105 Å². The van der Waals surface area contributed by atoms with Gasteiger partial charge in [-0.3, -0.25) is 0 Å². The summed E-state index contributed by atoms with van der Waals surface area (Å²) in [6.07, 6.45) is 0.476. The highest BCUT2D eigenvalue weighted by molar-refractivity contribution is 14.1. The molecule has 0 spiro atoms. The van der Waals surface area contributed by atoms with Gasteiger partial charge in [-0.15, -0.1) is 0 Å². The van der Waals surface area contributed by atoms with Crippen LogP contribution in [0, 0.1) is 9.49 Å². The number of halogens is 1. The number of aliphatic hydroxyl groups is 1. The van der Waals surface area contributed by atoms with Crippen molar-refractivity contribution < 1.29 is 5.11 Å². The van der Waals surface area contributed by atoms with E-state index in [4.69, 9.17) is 5.73 Å². The van der Waals surface area contributed by atoms with Gasteiger partial charge in [0.25, 0.3) is 0 Å². The van der Waals surface area contributed by atoms with Crippen molar-refractivity contribution in [1.29, 1.82) is 0 Å². The van der Waals surface area contributed by atoms with Crippen LogP contribution < -0.4 is 5.73 Å². The van der Waals surface area contributed by atoms with E-state index in [1.165, 1.54) is 0 Å². The first-order chi connectivity index (χ1) is 7.07. The molecule has 84 valence electrons. The lowest BCUT2D eigenvalue weighted by Crippen LogP contribution is -2.32. The molecule has 0 aliphatic heterocycles. The maximum atomic E-state index is 10.0. The summed E-state index contributed by atoms with van der Waals surface area (Å²) in [7, 11) is 0. The van der Waals surface area contributed by atoms with Crippen LogP contribution >= 0.6 is 22.6 Å². The van der Waals surface area contributed by atoms with Gasteiger partial charge in [0.05, 0.1) is 12.1 Å². The normalized spacial score (nSPS) is 17.1. The predicted octanol–water partition coefficient (Wildman–Crippen LogP) is 2.70. The molecule has 1 rings (SSSR count). The first-order valence-electron chi connectivity index (χ1n) is 5.26. The largest absolute Gasteiger partial charge is 0.391 e. The van der Waals surface area contributed by atoms with E-state index in [1.54, 1.807) is 0 Å². The average Bonchev–Trinajstić information content (AvgIpc) is 2.26. The number of hydrogen-bond acceptors (Lipinski definition) is 2. The number of hydrogen-bond donors (Lipinski definition) is 2. The predicted molar refractivity (Wildman–Crippen MR) is 71.5 cm³/mol. The highest BCUT2D eigenvalue weighted by Gasteiger charge is 2.22. The maximum Gasteiger partial charge on any atom is 0.0758 e. The van der Waals surface area contributed by atoms with Gasteiger partial charge >= 0.3 is 0 Å². The number of benzene rings is 1. The lowest BCUT2D eigenvalue weighted by molar-refractivity contribution is 0.0877. The SMILES string of the molecule is CCC(C)[C@H](O)[C@H](N)c1ccccc1I. The van der Waals surface area contributed by atoms with Gasteiger partial charge in [0, 0.05) is 3.57 Å². The summed E-state index contributed by atoms with van der Waals surface area (Å²) in [6, 6.07) is 7.65. The summed E-state index contributed by atoms with van der Waals surface area (Å²) in [4.78, 5) is 0. The van der Waals surface area contributed by atoms with Crippen LogP contribution in [0.15, 0.2) is 24.3 Å². The minimum absolute atomic E-state index is 0.232. The Morgan fingerprint density at radius 3 is 2.53 bits per heavy atom. The second-order valence-electron chi connectivity index (χ2n) is 3.92. The van der Waals surface area contributed by atoms with Gasteiger partial charge in [-0.2, -0.15) is 0 Å². The lowest BCUT2D eigenvalue weighted by Gasteiger charge is -2.24. The molecule has 1 unspecified atom stereocenters. The highest BCUT2D eigenvalue weighted by Crippen LogP contribution is 2.25. The molecule has 0 saturated heterocycles. The van der Waals surface area contributed by atoms with Gasteiger partial charge in [-0.25, -0.2) is 0 Å². The van der Waals surface area contributed by atoms with Crippen molar-refractivity contribution in [3.8, 4) is 0 Å². The molecule has 0 fully saturated rings. The van der Waals surface area contributed by atoms with E-state index in [-0.39, 0.29) is 12.0 Å². The number of nitrogens with two attached hydrogens (primary N) is 1. The van der Waals surface area contributed by atoms with Gasteiger partial charge in [-0.1, -0.05) is 38.5 Å². The van der Waals surface area contributed by atoms with E-state index in [1.807, 2.05) is 31.2 Å². The third-order valence-electron chi connectivity index (χ3n) is 2.86. The quantitative estimate of drug-likeness (QED) is 0.838. The van der Waals surface area contributed by atoms with Gasteiger partial charge < -0.3 is 10.8 Å². The summed E-state index contributed by atoms with van der Waals surface area (Å²) >= 11 is 2.25. The lowest BCUT2D eigenvalue weighted by atomic mass is 9.92. The fraction of sp³-hybridized carbons (Fsp3) is 0.500. The van der Waals surface area contributed by atoms with Crippen molar-refractivity contribution in [2.45, 2.75) is 32.4 Å². The second-order valence-corrected chi connectivity index (χ2v) is 5.09. The minimum atomic E-state index is -0.467. The third kappa shape index (κ3) is 3.16. The Hall–Kier alpha value is -0.130. The van der Waals surface area contributed by atoms with Crippen molar-refractivity contribution in [3.05, 3.63) is 33.4 Å². The van der Waals surface area contributed by atoms with Crippen LogP contribution in [-0.2, 0) is 0 Å². The molecule has 0 heterocycles. The zero-order chi connectivity index (χ0) is 11.4. The fourth-order valence-electron chi connectivity index (χ4n) is 1.52. The van der Waals surface area contributed by atoms with Crippen LogP contribution in [0.4, 0.5) is 0 Å². The highest BCUT2D eigenvalue weighted by atomic mass is 127. The topological polar surface area (TPSA) is 46.2 Å². The summed E-state index contributed by atoms with van der Waals surface area (Å²) in [5.74, 6) is 0.232. The molecule has 0 aliphatic carbocycles. The van der Waals surface area contributed by atoms with Crippen LogP contribution in [0.1, 0.15) is 31.9 Å². The smallest absolute Gasteiger partial charge is 0.0758 e.